The molecule has 0 fully saturated rings. The van der Waals surface area contributed by atoms with E-state index in [1.54, 1.807) is 0 Å². The Bertz CT molecular complexity index is 540. The van der Waals surface area contributed by atoms with E-state index in [1.165, 1.54) is 5.56 Å². The van der Waals surface area contributed by atoms with Crippen LogP contribution < -0.4 is 10.6 Å². The maximum Gasteiger partial charge on any atom is 0.171 e. The normalized spacial score (nSPS) is 11.7. The number of benzene rings is 2. The summed E-state index contributed by atoms with van der Waals surface area (Å²) in [6, 6.07) is 17.8. The van der Waals surface area contributed by atoms with Crippen molar-refractivity contribution in [1.82, 2.24) is 5.32 Å². The topological polar surface area (TPSA) is 24.1 Å². The van der Waals surface area contributed by atoms with E-state index < -0.39 is 0 Å². The fourth-order valence-electron chi connectivity index (χ4n) is 1.72. The first-order chi connectivity index (χ1) is 9.15. The lowest BCUT2D eigenvalue weighted by atomic mass is 10.1. The highest BCUT2D eigenvalue weighted by atomic mass is 35.5. The van der Waals surface area contributed by atoms with Crippen molar-refractivity contribution in [3.63, 3.8) is 0 Å². The summed E-state index contributed by atoms with van der Waals surface area (Å²) in [5.74, 6) is 0. The van der Waals surface area contributed by atoms with Gasteiger partial charge in [0.25, 0.3) is 0 Å². The molecule has 19 heavy (non-hydrogen) atoms. The van der Waals surface area contributed by atoms with E-state index in [2.05, 4.69) is 29.7 Å². The van der Waals surface area contributed by atoms with Crippen LogP contribution in [0.3, 0.4) is 0 Å². The van der Waals surface area contributed by atoms with Gasteiger partial charge in [-0.3, -0.25) is 0 Å². The number of anilines is 1. The van der Waals surface area contributed by atoms with Gasteiger partial charge in [-0.05, 0) is 49.0 Å². The molecule has 4 heteroatoms. The third-order valence-electron chi connectivity index (χ3n) is 2.75. The Morgan fingerprint density at radius 1 is 1.05 bits per heavy atom. The Balaban J connectivity index is 1.93. The van der Waals surface area contributed by atoms with Crippen LogP contribution in [0.2, 0.25) is 5.02 Å². The minimum atomic E-state index is 0.161. The van der Waals surface area contributed by atoms with Crippen molar-refractivity contribution in [1.29, 1.82) is 0 Å². The number of nitrogens with one attached hydrogen (secondary N) is 2. The minimum absolute atomic E-state index is 0.161. The zero-order valence-electron chi connectivity index (χ0n) is 10.6. The first kappa shape index (κ1) is 13.8. The van der Waals surface area contributed by atoms with Gasteiger partial charge in [-0.2, -0.15) is 0 Å². The van der Waals surface area contributed by atoms with E-state index in [0.717, 1.165) is 5.69 Å². The Labute approximate surface area is 123 Å². The van der Waals surface area contributed by atoms with Crippen molar-refractivity contribution >= 4 is 34.6 Å². The van der Waals surface area contributed by atoms with E-state index in [1.807, 2.05) is 42.5 Å². The van der Waals surface area contributed by atoms with E-state index in [-0.39, 0.29) is 6.04 Å². The fourth-order valence-corrected chi connectivity index (χ4v) is 2.14. The molecule has 0 aliphatic carbocycles. The molecule has 0 saturated carbocycles. The van der Waals surface area contributed by atoms with Crippen molar-refractivity contribution in [3.8, 4) is 0 Å². The molecule has 2 nitrogen and oxygen atoms in total. The second-order valence-electron chi connectivity index (χ2n) is 4.24. The van der Waals surface area contributed by atoms with E-state index in [0.29, 0.717) is 10.1 Å². The predicted molar refractivity (Wildman–Crippen MR) is 85.7 cm³/mol. The van der Waals surface area contributed by atoms with Crippen molar-refractivity contribution in [2.75, 3.05) is 5.32 Å². The summed E-state index contributed by atoms with van der Waals surface area (Å²) >= 11 is 11.1. The largest absolute Gasteiger partial charge is 0.356 e. The van der Waals surface area contributed by atoms with Crippen LogP contribution in [-0.2, 0) is 0 Å². The Hall–Kier alpha value is -1.58. The SMILES string of the molecule is C[C@@H](NC(=S)Nc1ccc(Cl)cc1)c1ccccc1. The monoisotopic (exact) mass is 290 g/mol. The molecule has 0 unspecified atom stereocenters. The molecule has 0 amide bonds. The van der Waals surface area contributed by atoms with E-state index >= 15 is 0 Å². The highest BCUT2D eigenvalue weighted by molar-refractivity contribution is 7.80. The first-order valence-electron chi connectivity index (χ1n) is 6.03. The van der Waals surface area contributed by atoms with E-state index in [9.17, 15) is 0 Å². The zero-order chi connectivity index (χ0) is 13.7. The number of thiocarbonyl (C=S) groups is 1. The molecule has 0 aromatic heterocycles. The van der Waals surface area contributed by atoms with Crippen LogP contribution in [-0.4, -0.2) is 5.11 Å². The summed E-state index contributed by atoms with van der Waals surface area (Å²) in [6.07, 6.45) is 0. The van der Waals surface area contributed by atoms with Crippen molar-refractivity contribution in [3.05, 3.63) is 65.2 Å². The highest BCUT2D eigenvalue weighted by Crippen LogP contribution is 2.14. The van der Waals surface area contributed by atoms with Gasteiger partial charge in [0, 0.05) is 10.7 Å². The number of hydrogen-bond acceptors (Lipinski definition) is 1. The van der Waals surface area contributed by atoms with Crippen molar-refractivity contribution in [2.45, 2.75) is 13.0 Å². The molecule has 2 aromatic rings. The molecule has 0 aliphatic rings. The Morgan fingerprint density at radius 2 is 1.68 bits per heavy atom. The van der Waals surface area contributed by atoms with Crippen molar-refractivity contribution < 1.29 is 0 Å². The van der Waals surface area contributed by atoms with Crippen molar-refractivity contribution in [2.24, 2.45) is 0 Å². The van der Waals surface area contributed by atoms with Gasteiger partial charge in [-0.25, -0.2) is 0 Å². The van der Waals surface area contributed by atoms with Gasteiger partial charge in [-0.15, -0.1) is 0 Å². The molecular formula is C15H15ClN2S. The number of rotatable bonds is 3. The molecule has 2 rings (SSSR count). The molecular weight excluding hydrogens is 276 g/mol. The summed E-state index contributed by atoms with van der Waals surface area (Å²) in [5.41, 5.74) is 2.12. The molecule has 0 heterocycles. The summed E-state index contributed by atoms with van der Waals surface area (Å²) in [4.78, 5) is 0. The smallest absolute Gasteiger partial charge is 0.171 e. The average molecular weight is 291 g/mol. The maximum absolute atomic E-state index is 5.84. The fraction of sp³-hybridized carbons (Fsp3) is 0.133. The van der Waals surface area contributed by atoms with Crippen LogP contribution in [0.5, 0.6) is 0 Å². The van der Waals surface area contributed by atoms with Crippen LogP contribution in [0.25, 0.3) is 0 Å². The summed E-state index contributed by atoms with van der Waals surface area (Å²) in [6.45, 7) is 2.07. The van der Waals surface area contributed by atoms with Crippen LogP contribution in [0.4, 0.5) is 5.69 Å². The lowest BCUT2D eigenvalue weighted by molar-refractivity contribution is 0.722. The molecule has 0 aliphatic heterocycles. The van der Waals surface area contributed by atoms with Gasteiger partial charge in [0.15, 0.2) is 5.11 Å². The summed E-state index contributed by atoms with van der Waals surface area (Å²) < 4.78 is 0. The lowest BCUT2D eigenvalue weighted by Gasteiger charge is -2.17. The van der Waals surface area contributed by atoms with Gasteiger partial charge < -0.3 is 10.6 Å². The van der Waals surface area contributed by atoms with Gasteiger partial charge in [0.2, 0.25) is 0 Å². The molecule has 0 radical (unpaired) electrons. The van der Waals surface area contributed by atoms with Gasteiger partial charge in [0.1, 0.15) is 0 Å². The van der Waals surface area contributed by atoms with Gasteiger partial charge in [-0.1, -0.05) is 41.9 Å². The summed E-state index contributed by atoms with van der Waals surface area (Å²) in [5, 5.41) is 7.68. The standard InChI is InChI=1S/C15H15ClN2S/c1-11(12-5-3-2-4-6-12)17-15(19)18-14-9-7-13(16)8-10-14/h2-11H,1H3,(H2,17,18,19)/t11-/m1/s1. The number of halogens is 1. The van der Waals surface area contributed by atoms with Crippen LogP contribution in [0.1, 0.15) is 18.5 Å². The van der Waals surface area contributed by atoms with E-state index in [4.69, 9.17) is 23.8 Å². The molecule has 2 N–H and O–H groups in total. The first-order valence-corrected chi connectivity index (χ1v) is 6.82. The molecule has 2 aromatic carbocycles. The highest BCUT2D eigenvalue weighted by Gasteiger charge is 2.06. The predicted octanol–water partition coefficient (Wildman–Crippen LogP) is 4.39. The number of hydrogen-bond donors (Lipinski definition) is 2. The molecule has 0 saturated heterocycles. The molecule has 0 spiro atoms. The maximum atomic E-state index is 5.84. The molecule has 0 bridgehead atoms. The zero-order valence-corrected chi connectivity index (χ0v) is 12.1. The average Bonchev–Trinajstić information content (AvgIpc) is 2.42. The Morgan fingerprint density at radius 3 is 2.32 bits per heavy atom. The quantitative estimate of drug-likeness (QED) is 0.820. The second kappa shape index (κ2) is 6.55. The van der Waals surface area contributed by atoms with Crippen LogP contribution in [0.15, 0.2) is 54.6 Å². The Kier molecular flexibility index (Phi) is 4.77. The molecule has 1 atom stereocenters. The minimum Gasteiger partial charge on any atom is -0.356 e. The third kappa shape index (κ3) is 4.23. The second-order valence-corrected chi connectivity index (χ2v) is 5.08. The third-order valence-corrected chi connectivity index (χ3v) is 3.22. The van der Waals surface area contributed by atoms with Gasteiger partial charge in [0.05, 0.1) is 6.04 Å². The lowest BCUT2D eigenvalue weighted by Crippen LogP contribution is -2.30. The van der Waals surface area contributed by atoms with Gasteiger partial charge >= 0.3 is 0 Å². The molecule has 98 valence electrons. The summed E-state index contributed by atoms with van der Waals surface area (Å²) in [7, 11) is 0. The van der Waals surface area contributed by atoms with Crippen LogP contribution >= 0.6 is 23.8 Å². The van der Waals surface area contributed by atoms with Crippen LogP contribution in [0, 0.1) is 0 Å².